The smallest absolute Gasteiger partial charge is 0.303 e. The van der Waals surface area contributed by atoms with Gasteiger partial charge in [0.15, 0.2) is 0 Å². The molecule has 0 heterocycles. The summed E-state index contributed by atoms with van der Waals surface area (Å²) in [6, 6.07) is 7.93. The molecule has 0 saturated carbocycles. The van der Waals surface area contributed by atoms with Crippen molar-refractivity contribution in [2.24, 2.45) is 0 Å². The summed E-state index contributed by atoms with van der Waals surface area (Å²) >= 11 is 11.5. The Kier molecular flexibility index (Phi) is 9.82. The lowest BCUT2D eigenvalue weighted by Gasteiger charge is -2.23. The standard InChI is InChI=1S/C14H19Cl2NO2.ClH/c1-11(10-14(18)19)12-2-4-13(5-3-12)17(8-6-15)9-7-16;/h2-5,11H,6-10H2,1H3,(H,18,19);1H. The normalized spacial score (nSPS) is 11.6. The summed E-state index contributed by atoms with van der Waals surface area (Å²) in [5.41, 5.74) is 2.09. The van der Waals surface area contributed by atoms with Gasteiger partial charge in [-0.25, -0.2) is 0 Å². The second-order valence-electron chi connectivity index (χ2n) is 4.46. The molecule has 0 aliphatic rings. The van der Waals surface area contributed by atoms with Crippen molar-refractivity contribution >= 4 is 47.3 Å². The van der Waals surface area contributed by atoms with Crippen LogP contribution in [0.25, 0.3) is 0 Å². The summed E-state index contributed by atoms with van der Waals surface area (Å²) in [4.78, 5) is 12.8. The van der Waals surface area contributed by atoms with E-state index in [2.05, 4.69) is 4.90 Å². The van der Waals surface area contributed by atoms with Gasteiger partial charge in [0.05, 0.1) is 6.42 Å². The van der Waals surface area contributed by atoms with E-state index in [-0.39, 0.29) is 24.7 Å². The zero-order valence-electron chi connectivity index (χ0n) is 11.4. The first kappa shape index (κ1) is 19.4. The number of halogens is 3. The quantitative estimate of drug-likeness (QED) is 0.728. The van der Waals surface area contributed by atoms with Crippen molar-refractivity contribution in [1.82, 2.24) is 0 Å². The van der Waals surface area contributed by atoms with Crippen LogP contribution in [0.15, 0.2) is 24.3 Å². The first-order valence-corrected chi connectivity index (χ1v) is 7.34. The Bertz CT molecular complexity index is 392. The Labute approximate surface area is 136 Å². The van der Waals surface area contributed by atoms with Crippen LogP contribution >= 0.6 is 35.6 Å². The average molecular weight is 341 g/mol. The lowest BCUT2D eigenvalue weighted by Crippen LogP contribution is -2.27. The highest BCUT2D eigenvalue weighted by molar-refractivity contribution is 6.18. The molecule has 0 saturated heterocycles. The topological polar surface area (TPSA) is 40.5 Å². The molecule has 114 valence electrons. The SMILES string of the molecule is CC(CC(=O)O)c1ccc(N(CCCl)CCCl)cc1.Cl. The predicted molar refractivity (Wildman–Crippen MR) is 88.0 cm³/mol. The van der Waals surface area contributed by atoms with Crippen molar-refractivity contribution in [2.75, 3.05) is 29.7 Å². The van der Waals surface area contributed by atoms with E-state index in [1.54, 1.807) is 0 Å². The summed E-state index contributed by atoms with van der Waals surface area (Å²) in [6.07, 6.45) is 0.145. The molecular formula is C14H20Cl3NO2. The third-order valence-corrected chi connectivity index (χ3v) is 3.36. The molecule has 0 fully saturated rings. The van der Waals surface area contributed by atoms with Gasteiger partial charge in [0.2, 0.25) is 0 Å². The summed E-state index contributed by atoms with van der Waals surface area (Å²) < 4.78 is 0. The fraction of sp³-hybridized carbons (Fsp3) is 0.500. The van der Waals surface area contributed by atoms with Gasteiger partial charge in [0.1, 0.15) is 0 Å². The number of anilines is 1. The maximum absolute atomic E-state index is 10.7. The molecule has 0 amide bonds. The number of rotatable bonds is 8. The molecule has 1 aromatic carbocycles. The third kappa shape index (κ3) is 6.21. The Balaban J connectivity index is 0.00000361. The van der Waals surface area contributed by atoms with Crippen molar-refractivity contribution in [3.63, 3.8) is 0 Å². The van der Waals surface area contributed by atoms with Crippen molar-refractivity contribution < 1.29 is 9.90 Å². The van der Waals surface area contributed by atoms with Gasteiger partial charge in [0.25, 0.3) is 0 Å². The fourth-order valence-corrected chi connectivity index (χ4v) is 2.38. The van der Waals surface area contributed by atoms with E-state index in [1.165, 1.54) is 0 Å². The predicted octanol–water partition coefficient (Wildman–Crippen LogP) is 3.97. The molecule has 3 nitrogen and oxygen atoms in total. The first-order valence-electron chi connectivity index (χ1n) is 6.27. The molecule has 1 aromatic rings. The van der Waals surface area contributed by atoms with Gasteiger partial charge in [-0.15, -0.1) is 35.6 Å². The molecule has 1 rings (SSSR count). The molecule has 0 aliphatic carbocycles. The molecule has 1 unspecified atom stereocenters. The van der Waals surface area contributed by atoms with Gasteiger partial charge in [-0.2, -0.15) is 0 Å². The minimum Gasteiger partial charge on any atom is -0.481 e. The van der Waals surface area contributed by atoms with Gasteiger partial charge >= 0.3 is 5.97 Å². The number of benzene rings is 1. The third-order valence-electron chi connectivity index (χ3n) is 3.02. The number of carboxylic acid groups (broad SMARTS) is 1. The fourth-order valence-electron chi connectivity index (χ4n) is 1.97. The second-order valence-corrected chi connectivity index (χ2v) is 5.21. The van der Waals surface area contributed by atoms with Crippen LogP contribution in [0.5, 0.6) is 0 Å². The lowest BCUT2D eigenvalue weighted by atomic mass is 9.97. The Morgan fingerprint density at radius 2 is 1.70 bits per heavy atom. The van der Waals surface area contributed by atoms with E-state index in [9.17, 15) is 4.79 Å². The Morgan fingerprint density at radius 3 is 2.10 bits per heavy atom. The number of alkyl halides is 2. The van der Waals surface area contributed by atoms with Crippen LogP contribution < -0.4 is 4.90 Å². The van der Waals surface area contributed by atoms with Crippen LogP contribution in [-0.4, -0.2) is 35.9 Å². The molecule has 6 heteroatoms. The second kappa shape index (κ2) is 10.1. The van der Waals surface area contributed by atoms with Crippen LogP contribution in [-0.2, 0) is 4.79 Å². The molecular weight excluding hydrogens is 321 g/mol. The van der Waals surface area contributed by atoms with E-state index in [0.29, 0.717) is 11.8 Å². The van der Waals surface area contributed by atoms with Crippen LogP contribution in [0.3, 0.4) is 0 Å². The number of aliphatic carboxylic acids is 1. The van der Waals surface area contributed by atoms with Crippen molar-refractivity contribution in [1.29, 1.82) is 0 Å². The number of hydrogen-bond donors (Lipinski definition) is 1. The lowest BCUT2D eigenvalue weighted by molar-refractivity contribution is -0.137. The molecule has 0 aromatic heterocycles. The molecule has 1 atom stereocenters. The van der Waals surface area contributed by atoms with Gasteiger partial charge in [-0.3, -0.25) is 4.79 Å². The first-order chi connectivity index (χ1) is 9.08. The number of nitrogens with zero attached hydrogens (tertiary/aromatic N) is 1. The molecule has 20 heavy (non-hydrogen) atoms. The molecule has 0 aliphatic heterocycles. The largest absolute Gasteiger partial charge is 0.481 e. The zero-order chi connectivity index (χ0) is 14.3. The zero-order valence-corrected chi connectivity index (χ0v) is 13.7. The summed E-state index contributed by atoms with van der Waals surface area (Å²) in [5, 5.41) is 8.79. The van der Waals surface area contributed by atoms with E-state index >= 15 is 0 Å². The van der Waals surface area contributed by atoms with Gasteiger partial charge < -0.3 is 10.0 Å². The molecule has 1 N–H and O–H groups in total. The van der Waals surface area contributed by atoms with Gasteiger partial charge in [0, 0.05) is 30.5 Å². The van der Waals surface area contributed by atoms with E-state index < -0.39 is 5.97 Å². The van der Waals surface area contributed by atoms with Crippen molar-refractivity contribution in [2.45, 2.75) is 19.3 Å². The van der Waals surface area contributed by atoms with Crippen LogP contribution in [0.4, 0.5) is 5.69 Å². The minimum atomic E-state index is -0.775. The van der Waals surface area contributed by atoms with Gasteiger partial charge in [-0.05, 0) is 23.6 Å². The highest BCUT2D eigenvalue weighted by Crippen LogP contribution is 2.22. The van der Waals surface area contributed by atoms with Crippen molar-refractivity contribution in [3.8, 4) is 0 Å². The number of carboxylic acids is 1. The molecule has 0 spiro atoms. The maximum Gasteiger partial charge on any atom is 0.303 e. The van der Waals surface area contributed by atoms with Crippen molar-refractivity contribution in [3.05, 3.63) is 29.8 Å². The minimum absolute atomic E-state index is 0. The van der Waals surface area contributed by atoms with Gasteiger partial charge in [-0.1, -0.05) is 19.1 Å². The average Bonchev–Trinajstić information content (AvgIpc) is 2.38. The monoisotopic (exact) mass is 339 g/mol. The summed E-state index contributed by atoms with van der Waals surface area (Å²) in [5.74, 6) is 0.339. The Morgan fingerprint density at radius 1 is 1.20 bits per heavy atom. The Hall–Kier alpha value is -0.640. The van der Waals surface area contributed by atoms with Crippen LogP contribution in [0, 0.1) is 0 Å². The highest BCUT2D eigenvalue weighted by Gasteiger charge is 2.11. The highest BCUT2D eigenvalue weighted by atomic mass is 35.5. The maximum atomic E-state index is 10.7. The van der Waals surface area contributed by atoms with E-state index in [0.717, 1.165) is 24.3 Å². The summed E-state index contributed by atoms with van der Waals surface area (Å²) in [6.45, 7) is 3.41. The molecule has 0 radical (unpaired) electrons. The van der Waals surface area contributed by atoms with Crippen LogP contribution in [0.2, 0.25) is 0 Å². The van der Waals surface area contributed by atoms with E-state index in [4.69, 9.17) is 28.3 Å². The summed E-state index contributed by atoms with van der Waals surface area (Å²) in [7, 11) is 0. The number of carbonyl (C=O) groups is 1. The number of hydrogen-bond acceptors (Lipinski definition) is 2. The van der Waals surface area contributed by atoms with Crippen LogP contribution in [0.1, 0.15) is 24.8 Å². The molecule has 0 bridgehead atoms. The van der Waals surface area contributed by atoms with E-state index in [1.807, 2.05) is 31.2 Å².